The minimum Gasteiger partial charge on any atom is -0.368 e. The van der Waals surface area contributed by atoms with E-state index < -0.39 is 6.04 Å². The summed E-state index contributed by atoms with van der Waals surface area (Å²) in [5, 5.41) is 0. The van der Waals surface area contributed by atoms with E-state index in [9.17, 15) is 4.79 Å². The van der Waals surface area contributed by atoms with E-state index in [1.54, 1.807) is 0 Å². The summed E-state index contributed by atoms with van der Waals surface area (Å²) >= 11 is 0. The fourth-order valence-electron chi connectivity index (χ4n) is 3.18. The smallest absolute Gasteiger partial charge is 0.234 e. The fraction of sp³-hybridized carbons (Fsp3) is 0.667. The van der Waals surface area contributed by atoms with Gasteiger partial charge >= 0.3 is 0 Å². The van der Waals surface area contributed by atoms with Crippen molar-refractivity contribution >= 4 is 5.91 Å². The number of amides is 1. The molecule has 1 unspecified atom stereocenters. The van der Waals surface area contributed by atoms with Crippen LogP contribution >= 0.6 is 0 Å². The molecule has 4 N–H and O–H groups in total. The topological polar surface area (TPSA) is 69.1 Å². The first kappa shape index (κ1) is 20.7. The van der Waals surface area contributed by atoms with Crippen molar-refractivity contribution in [3.63, 3.8) is 0 Å². The van der Waals surface area contributed by atoms with Gasteiger partial charge in [-0.2, -0.15) is 0 Å². The summed E-state index contributed by atoms with van der Waals surface area (Å²) in [5.74, 6) is -0.248. The number of carbonyl (C=O) groups is 1. The summed E-state index contributed by atoms with van der Waals surface area (Å²) in [5.41, 5.74) is 14.1. The molecule has 1 aromatic rings. The second-order valence-corrected chi connectivity index (χ2v) is 7.02. The number of hydrogen-bond acceptors (Lipinski definition) is 2. The van der Waals surface area contributed by atoms with Gasteiger partial charge in [0.15, 0.2) is 0 Å². The Kier molecular flexibility index (Phi) is 10.4. The van der Waals surface area contributed by atoms with E-state index in [0.29, 0.717) is 0 Å². The van der Waals surface area contributed by atoms with Crippen LogP contribution in [0.25, 0.3) is 0 Å². The summed E-state index contributed by atoms with van der Waals surface area (Å²) in [4.78, 5) is 11.4. The highest BCUT2D eigenvalue weighted by Crippen LogP contribution is 2.19. The third kappa shape index (κ3) is 7.96. The van der Waals surface area contributed by atoms with Gasteiger partial charge in [-0.15, -0.1) is 0 Å². The van der Waals surface area contributed by atoms with E-state index >= 15 is 0 Å². The van der Waals surface area contributed by atoms with Crippen LogP contribution in [0.3, 0.4) is 0 Å². The van der Waals surface area contributed by atoms with Crippen LogP contribution in [0, 0.1) is 5.92 Å². The lowest BCUT2D eigenvalue weighted by Crippen LogP contribution is -2.43. The van der Waals surface area contributed by atoms with Gasteiger partial charge in [-0.05, 0) is 42.7 Å². The number of aryl methyl sites for hydroxylation is 1. The number of benzene rings is 1. The maximum atomic E-state index is 11.4. The van der Waals surface area contributed by atoms with Crippen molar-refractivity contribution in [1.29, 1.82) is 0 Å². The zero-order valence-electron chi connectivity index (χ0n) is 15.6. The lowest BCUT2D eigenvalue weighted by atomic mass is 9.87. The molecule has 0 heterocycles. The summed E-state index contributed by atoms with van der Waals surface area (Å²) < 4.78 is 0. The van der Waals surface area contributed by atoms with Crippen molar-refractivity contribution in [2.24, 2.45) is 17.4 Å². The molecule has 1 aromatic carbocycles. The molecule has 1 amide bonds. The molecule has 0 aliphatic rings. The van der Waals surface area contributed by atoms with Gasteiger partial charge in [0.2, 0.25) is 5.91 Å². The molecule has 0 spiro atoms. The Morgan fingerprint density at radius 2 is 1.50 bits per heavy atom. The Labute approximate surface area is 148 Å². The predicted octanol–water partition coefficient (Wildman–Crippen LogP) is 4.36. The van der Waals surface area contributed by atoms with E-state index in [0.717, 1.165) is 32.1 Å². The summed E-state index contributed by atoms with van der Waals surface area (Å²) in [6.07, 6.45) is 11.7. The molecule has 0 aliphatic heterocycles. The van der Waals surface area contributed by atoms with Crippen LogP contribution in [0.5, 0.6) is 0 Å². The molecular weight excluding hydrogens is 296 g/mol. The highest BCUT2D eigenvalue weighted by atomic mass is 16.1. The Bertz CT molecular complexity index is 455. The van der Waals surface area contributed by atoms with Crippen LogP contribution in [-0.2, 0) is 17.6 Å². The molecule has 0 bridgehead atoms. The normalized spacial score (nSPS) is 13.6. The van der Waals surface area contributed by atoms with E-state index in [1.807, 2.05) is 0 Å². The van der Waals surface area contributed by atoms with Crippen molar-refractivity contribution in [1.82, 2.24) is 0 Å². The Hall–Kier alpha value is -1.35. The van der Waals surface area contributed by atoms with Crippen molar-refractivity contribution in [3.05, 3.63) is 35.4 Å². The van der Waals surface area contributed by atoms with Gasteiger partial charge in [-0.3, -0.25) is 4.79 Å². The number of nitrogens with two attached hydrogens (primary N) is 2. The first-order valence-electron chi connectivity index (χ1n) is 9.71. The average molecular weight is 333 g/mol. The zero-order chi connectivity index (χ0) is 17.8. The second kappa shape index (κ2) is 12.1. The maximum absolute atomic E-state index is 11.4. The van der Waals surface area contributed by atoms with Gasteiger partial charge < -0.3 is 11.5 Å². The van der Waals surface area contributed by atoms with Crippen LogP contribution in [0.4, 0.5) is 0 Å². The number of primary amides is 1. The van der Waals surface area contributed by atoms with Crippen molar-refractivity contribution in [2.75, 3.05) is 0 Å². The van der Waals surface area contributed by atoms with Crippen molar-refractivity contribution in [2.45, 2.75) is 84.1 Å². The van der Waals surface area contributed by atoms with Crippen LogP contribution < -0.4 is 11.5 Å². The van der Waals surface area contributed by atoms with Crippen LogP contribution in [0.15, 0.2) is 24.3 Å². The van der Waals surface area contributed by atoms with E-state index in [1.165, 1.54) is 43.2 Å². The van der Waals surface area contributed by atoms with Gasteiger partial charge in [-0.1, -0.05) is 76.6 Å². The SMILES string of the molecule is CCCCCCCc1ccc(C[C@H](CCCC)C(N)C(N)=O)cc1. The van der Waals surface area contributed by atoms with Gasteiger partial charge in [0.05, 0.1) is 6.04 Å². The standard InChI is InChI=1S/C21H36N2O/c1-3-5-7-8-9-10-17-12-14-18(15-13-17)16-19(11-6-4-2)20(22)21(23)24/h12-15,19-20H,3-11,16,22H2,1-2H3,(H2,23,24)/t19-,20?/m0/s1. The van der Waals surface area contributed by atoms with Crippen LogP contribution in [0.1, 0.15) is 76.3 Å². The minimum atomic E-state index is -0.546. The van der Waals surface area contributed by atoms with Gasteiger partial charge in [0, 0.05) is 0 Å². The number of carbonyl (C=O) groups excluding carboxylic acids is 1. The number of hydrogen-bond donors (Lipinski definition) is 2. The number of rotatable bonds is 13. The van der Waals surface area contributed by atoms with Gasteiger partial charge in [-0.25, -0.2) is 0 Å². The quantitative estimate of drug-likeness (QED) is 0.527. The molecule has 2 atom stereocenters. The third-order valence-corrected chi connectivity index (χ3v) is 4.85. The number of unbranched alkanes of at least 4 members (excludes halogenated alkanes) is 5. The highest BCUT2D eigenvalue weighted by Gasteiger charge is 2.22. The minimum absolute atomic E-state index is 0.141. The highest BCUT2D eigenvalue weighted by molar-refractivity contribution is 5.79. The van der Waals surface area contributed by atoms with Crippen LogP contribution in [-0.4, -0.2) is 11.9 Å². The Morgan fingerprint density at radius 1 is 0.917 bits per heavy atom. The zero-order valence-corrected chi connectivity index (χ0v) is 15.6. The fourth-order valence-corrected chi connectivity index (χ4v) is 3.18. The Morgan fingerprint density at radius 3 is 2.08 bits per heavy atom. The van der Waals surface area contributed by atoms with E-state index in [4.69, 9.17) is 11.5 Å². The molecule has 0 saturated carbocycles. The molecule has 3 heteroatoms. The van der Waals surface area contributed by atoms with E-state index in [-0.39, 0.29) is 11.8 Å². The molecular formula is C21H36N2O. The molecule has 0 radical (unpaired) electrons. The largest absolute Gasteiger partial charge is 0.368 e. The van der Waals surface area contributed by atoms with Gasteiger partial charge in [0.25, 0.3) is 0 Å². The first-order valence-corrected chi connectivity index (χ1v) is 9.71. The third-order valence-electron chi connectivity index (χ3n) is 4.85. The first-order chi connectivity index (χ1) is 11.6. The van der Waals surface area contributed by atoms with Gasteiger partial charge in [0.1, 0.15) is 0 Å². The van der Waals surface area contributed by atoms with Crippen molar-refractivity contribution < 1.29 is 4.79 Å². The van der Waals surface area contributed by atoms with Crippen molar-refractivity contribution in [3.8, 4) is 0 Å². The second-order valence-electron chi connectivity index (χ2n) is 7.02. The maximum Gasteiger partial charge on any atom is 0.234 e. The lowest BCUT2D eigenvalue weighted by molar-refractivity contribution is -0.120. The average Bonchev–Trinajstić information content (AvgIpc) is 2.59. The molecule has 1 rings (SSSR count). The molecule has 0 fully saturated rings. The molecule has 24 heavy (non-hydrogen) atoms. The van der Waals surface area contributed by atoms with Crippen LogP contribution in [0.2, 0.25) is 0 Å². The monoisotopic (exact) mass is 332 g/mol. The summed E-state index contributed by atoms with van der Waals surface area (Å²) in [6, 6.07) is 8.28. The molecule has 136 valence electrons. The summed E-state index contributed by atoms with van der Waals surface area (Å²) in [6.45, 7) is 4.40. The van der Waals surface area contributed by atoms with E-state index in [2.05, 4.69) is 38.1 Å². The summed E-state index contributed by atoms with van der Waals surface area (Å²) in [7, 11) is 0. The molecule has 0 saturated heterocycles. The molecule has 3 nitrogen and oxygen atoms in total. The Balaban J connectivity index is 2.51. The molecule has 0 aliphatic carbocycles. The lowest BCUT2D eigenvalue weighted by Gasteiger charge is -2.21. The molecule has 0 aromatic heterocycles. The predicted molar refractivity (Wildman–Crippen MR) is 103 cm³/mol.